The number of aromatic nitrogens is 1. The van der Waals surface area contributed by atoms with Crippen LogP contribution in [0.5, 0.6) is 0 Å². The van der Waals surface area contributed by atoms with E-state index in [0.29, 0.717) is 19.7 Å². The van der Waals surface area contributed by atoms with Crippen molar-refractivity contribution in [1.29, 1.82) is 0 Å². The number of hydrogen-bond donors (Lipinski definition) is 1. The van der Waals surface area contributed by atoms with Crippen LogP contribution >= 0.6 is 15.9 Å². The van der Waals surface area contributed by atoms with Crippen molar-refractivity contribution < 1.29 is 9.53 Å². The quantitative estimate of drug-likeness (QED) is 0.860. The second-order valence-electron chi connectivity index (χ2n) is 3.99. The molecule has 0 atom stereocenters. The van der Waals surface area contributed by atoms with Crippen molar-refractivity contribution >= 4 is 32.7 Å². The van der Waals surface area contributed by atoms with Gasteiger partial charge in [-0.15, -0.1) is 0 Å². The number of ether oxygens (including phenoxy) is 1. The first-order valence-electron chi connectivity index (χ1n) is 5.71. The first kappa shape index (κ1) is 13.1. The van der Waals surface area contributed by atoms with Crippen molar-refractivity contribution in [3.8, 4) is 0 Å². The van der Waals surface area contributed by atoms with E-state index in [1.807, 2.05) is 35.0 Å². The summed E-state index contributed by atoms with van der Waals surface area (Å²) in [5, 5.41) is 3.93. The number of nitrogens with zero attached hydrogens (tertiary/aromatic N) is 1. The molecule has 0 bridgehead atoms. The van der Waals surface area contributed by atoms with E-state index in [9.17, 15) is 4.79 Å². The standard InChI is InChI=1S/C13H15BrN2O2/c1-18-7-5-15-13(17)9-16-6-4-10-2-3-11(14)8-12(10)16/h2-4,6,8H,5,7,9H2,1H3,(H,15,17). The van der Waals surface area contributed by atoms with Gasteiger partial charge in [0.05, 0.1) is 6.61 Å². The molecule has 0 aliphatic carbocycles. The number of nitrogens with one attached hydrogen (secondary N) is 1. The molecule has 4 nitrogen and oxygen atoms in total. The van der Waals surface area contributed by atoms with E-state index in [0.717, 1.165) is 15.4 Å². The Morgan fingerprint density at radius 3 is 3.06 bits per heavy atom. The molecular weight excluding hydrogens is 296 g/mol. The van der Waals surface area contributed by atoms with Gasteiger partial charge in [-0.2, -0.15) is 0 Å². The van der Waals surface area contributed by atoms with E-state index in [4.69, 9.17) is 4.74 Å². The van der Waals surface area contributed by atoms with Crippen molar-refractivity contribution in [1.82, 2.24) is 9.88 Å². The monoisotopic (exact) mass is 310 g/mol. The molecule has 0 unspecified atom stereocenters. The van der Waals surface area contributed by atoms with Crippen LogP contribution in [0.25, 0.3) is 10.9 Å². The molecule has 1 amide bonds. The smallest absolute Gasteiger partial charge is 0.240 e. The van der Waals surface area contributed by atoms with Gasteiger partial charge in [0.1, 0.15) is 6.54 Å². The van der Waals surface area contributed by atoms with E-state index in [1.54, 1.807) is 7.11 Å². The topological polar surface area (TPSA) is 43.3 Å². The van der Waals surface area contributed by atoms with Gasteiger partial charge in [0.25, 0.3) is 0 Å². The highest BCUT2D eigenvalue weighted by Gasteiger charge is 2.06. The van der Waals surface area contributed by atoms with Gasteiger partial charge in [-0.05, 0) is 23.6 Å². The lowest BCUT2D eigenvalue weighted by atomic mass is 10.2. The molecular formula is C13H15BrN2O2. The van der Waals surface area contributed by atoms with Crippen LogP contribution in [0, 0.1) is 0 Å². The van der Waals surface area contributed by atoms with Gasteiger partial charge in [0.15, 0.2) is 0 Å². The average Bonchev–Trinajstić information content (AvgIpc) is 2.72. The van der Waals surface area contributed by atoms with E-state index < -0.39 is 0 Å². The molecule has 1 aromatic carbocycles. The molecule has 1 N–H and O–H groups in total. The van der Waals surface area contributed by atoms with Crippen molar-refractivity contribution in [2.45, 2.75) is 6.54 Å². The first-order valence-corrected chi connectivity index (χ1v) is 6.50. The van der Waals surface area contributed by atoms with Gasteiger partial charge in [-0.3, -0.25) is 4.79 Å². The Labute approximate surface area is 114 Å². The Morgan fingerprint density at radius 2 is 2.28 bits per heavy atom. The molecule has 0 radical (unpaired) electrons. The molecule has 2 aromatic rings. The highest BCUT2D eigenvalue weighted by atomic mass is 79.9. The minimum Gasteiger partial charge on any atom is -0.383 e. The van der Waals surface area contributed by atoms with Crippen LogP contribution in [0.1, 0.15) is 0 Å². The Bertz CT molecular complexity index is 551. The van der Waals surface area contributed by atoms with E-state index in [2.05, 4.69) is 21.2 Å². The van der Waals surface area contributed by atoms with Crippen molar-refractivity contribution in [2.75, 3.05) is 20.3 Å². The lowest BCUT2D eigenvalue weighted by molar-refractivity contribution is -0.121. The molecule has 0 saturated carbocycles. The summed E-state index contributed by atoms with van der Waals surface area (Å²) in [5.41, 5.74) is 1.05. The second-order valence-corrected chi connectivity index (χ2v) is 4.91. The number of carbonyl (C=O) groups is 1. The summed E-state index contributed by atoms with van der Waals surface area (Å²) in [5.74, 6) is -0.00970. The highest BCUT2D eigenvalue weighted by molar-refractivity contribution is 9.10. The molecule has 0 aliphatic heterocycles. The Kier molecular flexibility index (Phi) is 4.38. The van der Waals surface area contributed by atoms with Crippen LogP contribution in [0.4, 0.5) is 0 Å². The van der Waals surface area contributed by atoms with Gasteiger partial charge in [-0.1, -0.05) is 22.0 Å². The number of benzene rings is 1. The fourth-order valence-electron chi connectivity index (χ4n) is 1.80. The molecule has 0 fully saturated rings. The second kappa shape index (κ2) is 6.02. The third-order valence-corrected chi connectivity index (χ3v) is 3.17. The van der Waals surface area contributed by atoms with Gasteiger partial charge in [0.2, 0.25) is 5.91 Å². The van der Waals surface area contributed by atoms with Crippen LogP contribution < -0.4 is 5.32 Å². The number of fused-ring (bicyclic) bond motifs is 1. The molecule has 0 saturated heterocycles. The Hall–Kier alpha value is -1.33. The van der Waals surface area contributed by atoms with E-state index in [1.165, 1.54) is 0 Å². The fraction of sp³-hybridized carbons (Fsp3) is 0.308. The van der Waals surface area contributed by atoms with Crippen LogP contribution in [0.2, 0.25) is 0 Å². The van der Waals surface area contributed by atoms with Crippen molar-refractivity contribution in [3.05, 3.63) is 34.9 Å². The lowest BCUT2D eigenvalue weighted by Crippen LogP contribution is -2.30. The zero-order valence-corrected chi connectivity index (χ0v) is 11.7. The number of carbonyl (C=O) groups excluding carboxylic acids is 1. The zero-order chi connectivity index (χ0) is 13.0. The van der Waals surface area contributed by atoms with Gasteiger partial charge in [0, 0.05) is 29.8 Å². The molecule has 1 heterocycles. The minimum atomic E-state index is -0.00970. The Balaban J connectivity index is 2.07. The molecule has 5 heteroatoms. The number of methoxy groups -OCH3 is 1. The van der Waals surface area contributed by atoms with Crippen LogP contribution in [0.3, 0.4) is 0 Å². The normalized spacial score (nSPS) is 10.8. The van der Waals surface area contributed by atoms with Crippen molar-refractivity contribution in [3.63, 3.8) is 0 Å². The summed E-state index contributed by atoms with van der Waals surface area (Å²) in [4.78, 5) is 11.7. The van der Waals surface area contributed by atoms with E-state index in [-0.39, 0.29) is 5.91 Å². The number of hydrogen-bond acceptors (Lipinski definition) is 2. The largest absolute Gasteiger partial charge is 0.383 e. The third-order valence-electron chi connectivity index (χ3n) is 2.68. The zero-order valence-electron chi connectivity index (χ0n) is 10.1. The van der Waals surface area contributed by atoms with Gasteiger partial charge >= 0.3 is 0 Å². The Morgan fingerprint density at radius 1 is 1.44 bits per heavy atom. The molecule has 96 valence electrons. The maximum Gasteiger partial charge on any atom is 0.240 e. The number of amides is 1. The van der Waals surface area contributed by atoms with Crippen molar-refractivity contribution in [2.24, 2.45) is 0 Å². The lowest BCUT2D eigenvalue weighted by Gasteiger charge is -2.07. The summed E-state index contributed by atoms with van der Waals surface area (Å²) in [6, 6.07) is 8.03. The number of halogens is 1. The molecule has 0 spiro atoms. The highest BCUT2D eigenvalue weighted by Crippen LogP contribution is 2.20. The fourth-order valence-corrected chi connectivity index (χ4v) is 2.15. The summed E-state index contributed by atoms with van der Waals surface area (Å²) in [6.07, 6.45) is 1.92. The first-order chi connectivity index (χ1) is 8.70. The maximum absolute atomic E-state index is 11.7. The average molecular weight is 311 g/mol. The summed E-state index contributed by atoms with van der Waals surface area (Å²) in [7, 11) is 1.61. The van der Waals surface area contributed by atoms with Crippen LogP contribution in [-0.2, 0) is 16.1 Å². The summed E-state index contributed by atoms with van der Waals surface area (Å²) in [6.45, 7) is 1.39. The molecule has 0 aliphatic rings. The summed E-state index contributed by atoms with van der Waals surface area (Å²) >= 11 is 3.44. The predicted octanol–water partition coefficient (Wildman–Crippen LogP) is 2.17. The molecule has 1 aromatic heterocycles. The predicted molar refractivity (Wildman–Crippen MR) is 74.5 cm³/mol. The number of rotatable bonds is 5. The van der Waals surface area contributed by atoms with Crippen LogP contribution in [0.15, 0.2) is 34.9 Å². The maximum atomic E-state index is 11.7. The van der Waals surface area contributed by atoms with Gasteiger partial charge in [-0.25, -0.2) is 0 Å². The SMILES string of the molecule is COCCNC(=O)Cn1ccc2ccc(Br)cc21. The van der Waals surface area contributed by atoms with Gasteiger partial charge < -0.3 is 14.6 Å². The third kappa shape index (κ3) is 3.11. The molecule has 18 heavy (non-hydrogen) atoms. The summed E-state index contributed by atoms with van der Waals surface area (Å²) < 4.78 is 7.83. The van der Waals surface area contributed by atoms with E-state index >= 15 is 0 Å². The molecule has 2 rings (SSSR count). The van der Waals surface area contributed by atoms with Crippen LogP contribution in [-0.4, -0.2) is 30.7 Å². The minimum absolute atomic E-state index is 0.00970.